The highest BCUT2D eigenvalue weighted by molar-refractivity contribution is 7.10. The van der Waals surface area contributed by atoms with Crippen molar-refractivity contribution in [2.45, 2.75) is 51.9 Å². The fourth-order valence-electron chi connectivity index (χ4n) is 2.51. The molecule has 0 saturated carbocycles. The van der Waals surface area contributed by atoms with Crippen molar-refractivity contribution in [3.63, 3.8) is 0 Å². The third kappa shape index (κ3) is 6.26. The van der Waals surface area contributed by atoms with Gasteiger partial charge in [0.25, 0.3) is 0 Å². The summed E-state index contributed by atoms with van der Waals surface area (Å²) in [6, 6.07) is 13.0. The van der Waals surface area contributed by atoms with E-state index < -0.39 is 0 Å². The molecule has 1 nitrogen and oxygen atoms in total. The molecule has 0 aliphatic heterocycles. The molecule has 0 bridgehead atoms. The summed E-state index contributed by atoms with van der Waals surface area (Å²) in [5.74, 6) is 0.318. The summed E-state index contributed by atoms with van der Waals surface area (Å²) in [5.41, 5.74) is 2.81. The second-order valence-corrected chi connectivity index (χ2v) is 6.70. The van der Waals surface area contributed by atoms with Crippen LogP contribution in [0.15, 0.2) is 41.8 Å². The van der Waals surface area contributed by atoms with Gasteiger partial charge in [0.05, 0.1) is 0 Å². The van der Waals surface area contributed by atoms with Gasteiger partial charge in [-0.1, -0.05) is 43.2 Å². The average molecular weight is 300 g/mol. The maximum Gasteiger partial charge on any atom is 0.129 e. The molecule has 0 amide bonds. The van der Waals surface area contributed by atoms with Crippen molar-refractivity contribution in [3.05, 3.63) is 57.8 Å². The van der Waals surface area contributed by atoms with E-state index in [1.165, 1.54) is 41.7 Å². The number of benzene rings is 1. The molecular formula is C19H24OS. The quantitative estimate of drug-likeness (QED) is 0.565. The van der Waals surface area contributed by atoms with Gasteiger partial charge < -0.3 is 4.79 Å². The molecule has 1 heterocycles. The van der Waals surface area contributed by atoms with Crippen LogP contribution in [0.4, 0.5) is 0 Å². The van der Waals surface area contributed by atoms with Gasteiger partial charge >= 0.3 is 0 Å². The van der Waals surface area contributed by atoms with Crippen LogP contribution < -0.4 is 0 Å². The number of carbonyl (C=O) groups is 1. The lowest BCUT2D eigenvalue weighted by atomic mass is 10.1. The van der Waals surface area contributed by atoms with Crippen LogP contribution in [0.3, 0.4) is 0 Å². The number of hydrogen-bond donors (Lipinski definition) is 0. The summed E-state index contributed by atoms with van der Waals surface area (Å²) in [7, 11) is 0. The fourth-order valence-corrected chi connectivity index (χ4v) is 3.44. The van der Waals surface area contributed by atoms with Gasteiger partial charge in [-0.15, -0.1) is 11.3 Å². The minimum atomic E-state index is 0.318. The standard InChI is InChI=1S/C19H24OS/c1-16(20)9-5-2-3-8-12-19-14-18(15-21-19)13-17-10-6-4-7-11-17/h4,6-7,10-11,14-15H,2-3,5,8-9,12-13H2,1H3. The van der Waals surface area contributed by atoms with E-state index in [1.54, 1.807) is 6.92 Å². The lowest BCUT2D eigenvalue weighted by Crippen LogP contribution is -1.90. The van der Waals surface area contributed by atoms with Crippen LogP contribution in [0.5, 0.6) is 0 Å². The molecule has 2 heteroatoms. The molecule has 2 rings (SSSR count). The van der Waals surface area contributed by atoms with E-state index in [0.717, 1.165) is 19.3 Å². The van der Waals surface area contributed by atoms with Gasteiger partial charge in [-0.3, -0.25) is 0 Å². The lowest BCUT2D eigenvalue weighted by Gasteiger charge is -1.99. The first-order chi connectivity index (χ1) is 10.2. The highest BCUT2D eigenvalue weighted by Crippen LogP contribution is 2.20. The van der Waals surface area contributed by atoms with E-state index >= 15 is 0 Å². The number of Topliss-reactive ketones (excluding diaryl/α,β-unsaturated/α-hetero) is 1. The van der Waals surface area contributed by atoms with E-state index in [0.29, 0.717) is 5.78 Å². The molecule has 1 aromatic carbocycles. The largest absolute Gasteiger partial charge is 0.300 e. The minimum Gasteiger partial charge on any atom is -0.300 e. The van der Waals surface area contributed by atoms with E-state index in [-0.39, 0.29) is 0 Å². The molecule has 112 valence electrons. The SMILES string of the molecule is CC(=O)CCCCCCc1cc(Cc2ccccc2)cs1. The first-order valence-electron chi connectivity index (χ1n) is 7.83. The van der Waals surface area contributed by atoms with Crippen LogP contribution in [0.2, 0.25) is 0 Å². The predicted molar refractivity (Wildman–Crippen MR) is 91.0 cm³/mol. The third-order valence-electron chi connectivity index (χ3n) is 3.66. The van der Waals surface area contributed by atoms with Gasteiger partial charge in [-0.25, -0.2) is 0 Å². The Morgan fingerprint density at radius 3 is 2.52 bits per heavy atom. The molecule has 2 aromatic rings. The topological polar surface area (TPSA) is 17.1 Å². The summed E-state index contributed by atoms with van der Waals surface area (Å²) in [4.78, 5) is 12.3. The summed E-state index contributed by atoms with van der Waals surface area (Å²) in [6.45, 7) is 1.68. The molecule has 0 saturated heterocycles. The smallest absolute Gasteiger partial charge is 0.129 e. The highest BCUT2D eigenvalue weighted by atomic mass is 32.1. The molecule has 0 unspecified atom stereocenters. The molecule has 0 spiro atoms. The number of carbonyl (C=O) groups excluding carboxylic acids is 1. The Bertz CT molecular complexity index is 542. The van der Waals surface area contributed by atoms with Crippen molar-refractivity contribution in [3.8, 4) is 0 Å². The Hall–Kier alpha value is -1.41. The van der Waals surface area contributed by atoms with Crippen molar-refractivity contribution >= 4 is 17.1 Å². The Morgan fingerprint density at radius 1 is 1.00 bits per heavy atom. The van der Waals surface area contributed by atoms with Crippen LogP contribution in [0.1, 0.15) is 55.0 Å². The van der Waals surface area contributed by atoms with Crippen molar-refractivity contribution in [1.29, 1.82) is 0 Å². The van der Waals surface area contributed by atoms with E-state index in [2.05, 4.69) is 41.8 Å². The summed E-state index contributed by atoms with van der Waals surface area (Å²) >= 11 is 1.88. The Balaban J connectivity index is 1.67. The zero-order valence-corrected chi connectivity index (χ0v) is 13.6. The van der Waals surface area contributed by atoms with Crippen LogP contribution in [0.25, 0.3) is 0 Å². The number of aryl methyl sites for hydroxylation is 1. The van der Waals surface area contributed by atoms with E-state index in [1.807, 2.05) is 11.3 Å². The molecular weight excluding hydrogens is 276 g/mol. The molecule has 0 fully saturated rings. The molecule has 0 radical (unpaired) electrons. The van der Waals surface area contributed by atoms with Gasteiger partial charge in [-0.2, -0.15) is 0 Å². The molecule has 0 atom stereocenters. The summed E-state index contributed by atoms with van der Waals surface area (Å²) < 4.78 is 0. The summed E-state index contributed by atoms with van der Waals surface area (Å²) in [6.07, 6.45) is 7.68. The number of hydrogen-bond acceptors (Lipinski definition) is 2. The third-order valence-corrected chi connectivity index (χ3v) is 4.71. The predicted octanol–water partition coefficient (Wildman–Crippen LogP) is 5.42. The number of thiophene rings is 1. The van der Waals surface area contributed by atoms with Gasteiger partial charge in [-0.05, 0) is 55.2 Å². The monoisotopic (exact) mass is 300 g/mol. The maximum absolute atomic E-state index is 10.9. The van der Waals surface area contributed by atoms with Gasteiger partial charge in [0, 0.05) is 11.3 Å². The molecule has 0 aliphatic carbocycles. The maximum atomic E-state index is 10.9. The second-order valence-electron chi connectivity index (χ2n) is 5.70. The van der Waals surface area contributed by atoms with Crippen molar-refractivity contribution in [1.82, 2.24) is 0 Å². The zero-order valence-electron chi connectivity index (χ0n) is 12.8. The van der Waals surface area contributed by atoms with Crippen molar-refractivity contribution < 1.29 is 4.79 Å². The molecule has 0 aliphatic rings. The van der Waals surface area contributed by atoms with E-state index in [4.69, 9.17) is 0 Å². The lowest BCUT2D eigenvalue weighted by molar-refractivity contribution is -0.117. The van der Waals surface area contributed by atoms with Gasteiger partial charge in [0.1, 0.15) is 5.78 Å². The van der Waals surface area contributed by atoms with Crippen LogP contribution >= 0.6 is 11.3 Å². The first-order valence-corrected chi connectivity index (χ1v) is 8.71. The number of ketones is 1. The van der Waals surface area contributed by atoms with Crippen molar-refractivity contribution in [2.24, 2.45) is 0 Å². The average Bonchev–Trinajstić information content (AvgIpc) is 2.91. The zero-order chi connectivity index (χ0) is 14.9. The van der Waals surface area contributed by atoms with Gasteiger partial charge in [0.2, 0.25) is 0 Å². The Morgan fingerprint density at radius 2 is 1.76 bits per heavy atom. The highest BCUT2D eigenvalue weighted by Gasteiger charge is 2.02. The number of unbranched alkanes of at least 4 members (excludes halogenated alkanes) is 3. The van der Waals surface area contributed by atoms with Crippen LogP contribution in [-0.2, 0) is 17.6 Å². The molecule has 1 aromatic heterocycles. The first kappa shape index (κ1) is 16.0. The number of rotatable bonds is 9. The van der Waals surface area contributed by atoms with E-state index in [9.17, 15) is 4.79 Å². The minimum absolute atomic E-state index is 0.318. The summed E-state index contributed by atoms with van der Waals surface area (Å²) in [5, 5.41) is 2.29. The Labute approximate surface area is 132 Å². The molecule has 21 heavy (non-hydrogen) atoms. The Kier molecular flexibility index (Phi) is 6.68. The van der Waals surface area contributed by atoms with Crippen LogP contribution in [0, 0.1) is 0 Å². The molecule has 0 N–H and O–H groups in total. The van der Waals surface area contributed by atoms with Crippen molar-refractivity contribution in [2.75, 3.05) is 0 Å². The van der Waals surface area contributed by atoms with Gasteiger partial charge in [0.15, 0.2) is 0 Å². The normalized spacial score (nSPS) is 10.7. The fraction of sp³-hybridized carbons (Fsp3) is 0.421. The van der Waals surface area contributed by atoms with Crippen LogP contribution in [-0.4, -0.2) is 5.78 Å². The second kappa shape index (κ2) is 8.78.